The van der Waals surface area contributed by atoms with E-state index in [1.807, 2.05) is 13.0 Å². The van der Waals surface area contributed by atoms with Gasteiger partial charge in [-0.3, -0.25) is 0 Å². The molecule has 0 saturated heterocycles. The number of carbonyl (C=O) groups excluding carboxylic acids is 1. The summed E-state index contributed by atoms with van der Waals surface area (Å²) in [6.45, 7) is 1.85. The molecule has 0 spiro atoms. The highest BCUT2D eigenvalue weighted by Crippen LogP contribution is 2.39. The predicted molar refractivity (Wildman–Crippen MR) is 90.7 cm³/mol. The van der Waals surface area contributed by atoms with Crippen LogP contribution in [0.5, 0.6) is 5.75 Å². The highest BCUT2D eigenvalue weighted by molar-refractivity contribution is 5.93. The number of hydrogen-bond donors (Lipinski definition) is 0. The van der Waals surface area contributed by atoms with Gasteiger partial charge >= 0.3 is 5.97 Å². The smallest absolute Gasteiger partial charge is 0.337 e. The van der Waals surface area contributed by atoms with Crippen LogP contribution >= 0.6 is 0 Å². The zero-order valence-corrected chi connectivity index (χ0v) is 14.3. The lowest BCUT2D eigenvalue weighted by Crippen LogP contribution is -2.10. The topological polar surface area (TPSA) is 35.5 Å². The fourth-order valence-corrected chi connectivity index (χ4v) is 3.20. The van der Waals surface area contributed by atoms with E-state index in [-0.39, 0.29) is 11.3 Å². The second kappa shape index (κ2) is 6.67. The summed E-state index contributed by atoms with van der Waals surface area (Å²) < 4.78 is 38.9. The van der Waals surface area contributed by atoms with Crippen molar-refractivity contribution in [2.45, 2.75) is 19.8 Å². The van der Waals surface area contributed by atoms with E-state index in [0.717, 1.165) is 29.7 Å². The Morgan fingerprint density at radius 1 is 1.04 bits per heavy atom. The molecule has 25 heavy (non-hydrogen) atoms. The fraction of sp³-hybridized carbons (Fsp3) is 0.250. The lowest BCUT2D eigenvalue weighted by Gasteiger charge is -2.23. The van der Waals surface area contributed by atoms with Crippen LogP contribution in [-0.4, -0.2) is 20.2 Å². The van der Waals surface area contributed by atoms with Crippen LogP contribution < -0.4 is 4.74 Å². The van der Waals surface area contributed by atoms with Crippen molar-refractivity contribution >= 4 is 11.5 Å². The standard InChI is InChI=1S/C20H18F2O3/c1-11-4-5-12-6-7-13(20(23)25-3)8-15(12)18(11)19-16(21)9-14(24-2)10-17(19)22/h6-10H,4-5H2,1-3H3. The van der Waals surface area contributed by atoms with E-state index < -0.39 is 17.6 Å². The number of aryl methyl sites for hydroxylation is 1. The van der Waals surface area contributed by atoms with E-state index in [4.69, 9.17) is 9.47 Å². The van der Waals surface area contributed by atoms with Crippen LogP contribution in [0.1, 0.15) is 40.4 Å². The average Bonchev–Trinajstić information content (AvgIpc) is 2.61. The maximum absolute atomic E-state index is 14.6. The summed E-state index contributed by atoms with van der Waals surface area (Å²) in [6, 6.07) is 7.45. The number of rotatable bonds is 3. The number of halogens is 2. The van der Waals surface area contributed by atoms with Gasteiger partial charge in [0, 0.05) is 12.1 Å². The Balaban J connectivity index is 2.23. The Morgan fingerprint density at radius 3 is 2.32 bits per heavy atom. The zero-order valence-electron chi connectivity index (χ0n) is 14.3. The van der Waals surface area contributed by atoms with Crippen molar-refractivity contribution in [2.75, 3.05) is 14.2 Å². The quantitative estimate of drug-likeness (QED) is 0.768. The Bertz CT molecular complexity index is 862. The minimum absolute atomic E-state index is 0.0961. The van der Waals surface area contributed by atoms with Crippen molar-refractivity contribution in [3.8, 4) is 5.75 Å². The molecule has 0 heterocycles. The van der Waals surface area contributed by atoms with E-state index in [9.17, 15) is 13.6 Å². The van der Waals surface area contributed by atoms with Crippen molar-refractivity contribution in [2.24, 2.45) is 0 Å². The van der Waals surface area contributed by atoms with Crippen LogP contribution in [0.4, 0.5) is 8.78 Å². The SMILES string of the molecule is COC(=O)c1ccc2c(c1)C(c1c(F)cc(OC)cc1F)=C(C)CC2. The third kappa shape index (κ3) is 3.02. The van der Waals surface area contributed by atoms with Crippen molar-refractivity contribution in [1.82, 2.24) is 0 Å². The maximum Gasteiger partial charge on any atom is 0.337 e. The average molecular weight is 344 g/mol. The number of hydrogen-bond acceptors (Lipinski definition) is 3. The molecule has 5 heteroatoms. The Hall–Kier alpha value is -2.69. The van der Waals surface area contributed by atoms with E-state index >= 15 is 0 Å². The molecule has 0 radical (unpaired) electrons. The van der Waals surface area contributed by atoms with Gasteiger partial charge in [0.15, 0.2) is 0 Å². The second-order valence-corrected chi connectivity index (χ2v) is 5.98. The lowest BCUT2D eigenvalue weighted by molar-refractivity contribution is 0.0600. The van der Waals surface area contributed by atoms with E-state index in [1.54, 1.807) is 12.1 Å². The number of allylic oxidation sites excluding steroid dienone is 1. The summed E-state index contributed by atoms with van der Waals surface area (Å²) in [7, 11) is 2.66. The molecule has 0 bridgehead atoms. The van der Waals surface area contributed by atoms with Gasteiger partial charge in [-0.1, -0.05) is 11.6 Å². The first kappa shape index (κ1) is 17.1. The first-order valence-corrected chi connectivity index (χ1v) is 7.91. The normalized spacial score (nSPS) is 13.5. The van der Waals surface area contributed by atoms with Crippen LogP contribution in [-0.2, 0) is 11.2 Å². The number of ether oxygens (including phenoxy) is 2. The van der Waals surface area contributed by atoms with Gasteiger partial charge in [0.05, 0.1) is 25.3 Å². The molecule has 0 atom stereocenters. The summed E-state index contributed by atoms with van der Waals surface area (Å²) >= 11 is 0. The van der Waals surface area contributed by atoms with E-state index in [0.29, 0.717) is 23.1 Å². The molecule has 0 aromatic heterocycles. The number of esters is 1. The molecule has 1 aliphatic rings. The summed E-state index contributed by atoms with van der Waals surface area (Å²) in [4.78, 5) is 11.8. The van der Waals surface area contributed by atoms with E-state index in [1.165, 1.54) is 14.2 Å². The van der Waals surface area contributed by atoms with Crippen molar-refractivity contribution in [3.05, 3.63) is 69.8 Å². The van der Waals surface area contributed by atoms with Crippen LogP contribution in [0, 0.1) is 11.6 Å². The van der Waals surface area contributed by atoms with Gasteiger partial charge in [0.25, 0.3) is 0 Å². The highest BCUT2D eigenvalue weighted by Gasteiger charge is 2.25. The minimum Gasteiger partial charge on any atom is -0.497 e. The van der Waals surface area contributed by atoms with Gasteiger partial charge in [-0.05, 0) is 48.6 Å². The molecule has 130 valence electrons. The lowest BCUT2D eigenvalue weighted by atomic mass is 9.81. The van der Waals surface area contributed by atoms with Gasteiger partial charge < -0.3 is 9.47 Å². The van der Waals surface area contributed by atoms with Crippen molar-refractivity contribution in [1.29, 1.82) is 0 Å². The largest absolute Gasteiger partial charge is 0.497 e. The fourth-order valence-electron chi connectivity index (χ4n) is 3.20. The first-order valence-electron chi connectivity index (χ1n) is 7.91. The minimum atomic E-state index is -0.692. The third-order valence-corrected chi connectivity index (χ3v) is 4.50. The van der Waals surface area contributed by atoms with Gasteiger partial charge in [-0.2, -0.15) is 0 Å². The molecule has 0 N–H and O–H groups in total. The second-order valence-electron chi connectivity index (χ2n) is 5.98. The van der Waals surface area contributed by atoms with Gasteiger partial charge in [0.1, 0.15) is 17.4 Å². The molecule has 3 rings (SSSR count). The molecule has 2 aromatic rings. The molecule has 0 aliphatic heterocycles. The van der Waals surface area contributed by atoms with Gasteiger partial charge in [-0.25, -0.2) is 13.6 Å². The van der Waals surface area contributed by atoms with Crippen LogP contribution in [0.25, 0.3) is 5.57 Å². The highest BCUT2D eigenvalue weighted by atomic mass is 19.1. The number of benzene rings is 2. The van der Waals surface area contributed by atoms with Crippen LogP contribution in [0.15, 0.2) is 35.9 Å². The van der Waals surface area contributed by atoms with Crippen LogP contribution in [0.2, 0.25) is 0 Å². The first-order chi connectivity index (χ1) is 12.0. The zero-order chi connectivity index (χ0) is 18.1. The molecule has 2 aromatic carbocycles. The van der Waals surface area contributed by atoms with Gasteiger partial charge in [0.2, 0.25) is 0 Å². The molecular formula is C20H18F2O3. The van der Waals surface area contributed by atoms with E-state index in [2.05, 4.69) is 0 Å². The molecule has 0 saturated carbocycles. The summed E-state index contributed by atoms with van der Waals surface area (Å²) in [6.07, 6.45) is 1.45. The molecule has 0 unspecified atom stereocenters. The Labute approximate surface area is 144 Å². The summed E-state index contributed by atoms with van der Waals surface area (Å²) in [5, 5.41) is 0. The monoisotopic (exact) mass is 344 g/mol. The number of fused-ring (bicyclic) bond motifs is 1. The van der Waals surface area contributed by atoms with Crippen LogP contribution in [0.3, 0.4) is 0 Å². The summed E-state index contributed by atoms with van der Waals surface area (Å²) in [5.74, 6) is -1.75. The third-order valence-electron chi connectivity index (χ3n) is 4.50. The Morgan fingerprint density at radius 2 is 1.72 bits per heavy atom. The molecule has 0 amide bonds. The van der Waals surface area contributed by atoms with Gasteiger partial charge in [-0.15, -0.1) is 0 Å². The molecular weight excluding hydrogens is 326 g/mol. The Kier molecular flexibility index (Phi) is 4.57. The van der Waals surface area contributed by atoms with Crippen molar-refractivity contribution < 1.29 is 23.0 Å². The molecule has 0 fully saturated rings. The number of carbonyl (C=O) groups is 1. The molecule has 3 nitrogen and oxygen atoms in total. The van der Waals surface area contributed by atoms with Crippen molar-refractivity contribution in [3.63, 3.8) is 0 Å². The number of methoxy groups -OCH3 is 2. The molecule has 1 aliphatic carbocycles. The maximum atomic E-state index is 14.6. The summed E-state index contributed by atoms with van der Waals surface area (Å²) in [5.41, 5.74) is 3.23. The predicted octanol–water partition coefficient (Wildman–Crippen LogP) is 4.53.